The molecule has 0 saturated heterocycles. The molecular weight excluding hydrogens is 268 g/mol. The number of aliphatic hydroxyl groups is 1. The summed E-state index contributed by atoms with van der Waals surface area (Å²) in [5, 5.41) is 21.3. The predicted molar refractivity (Wildman–Crippen MR) is 80.1 cm³/mol. The maximum Gasteiger partial charge on any atom is 0.269 e. The third kappa shape index (κ3) is 2.51. The smallest absolute Gasteiger partial charge is 0.269 e. The summed E-state index contributed by atoms with van der Waals surface area (Å²) in [6.45, 7) is 0.505. The van der Waals surface area contributed by atoms with E-state index in [0.29, 0.717) is 6.54 Å². The van der Waals surface area contributed by atoms with E-state index in [-0.39, 0.29) is 12.3 Å². The van der Waals surface area contributed by atoms with Crippen molar-refractivity contribution in [3.63, 3.8) is 0 Å². The highest BCUT2D eigenvalue weighted by atomic mass is 16.6. The Balaban J connectivity index is 2.02. The van der Waals surface area contributed by atoms with Crippen LogP contribution in [0.3, 0.4) is 0 Å². The Hall–Kier alpha value is -2.66. The van der Waals surface area contributed by atoms with Gasteiger partial charge in [0.1, 0.15) is 0 Å². The van der Waals surface area contributed by atoms with Crippen LogP contribution in [0.2, 0.25) is 0 Å². The van der Waals surface area contributed by atoms with Crippen LogP contribution in [-0.2, 0) is 13.2 Å². The van der Waals surface area contributed by atoms with Crippen molar-refractivity contribution in [2.75, 3.05) is 0 Å². The van der Waals surface area contributed by atoms with E-state index in [2.05, 4.69) is 0 Å². The van der Waals surface area contributed by atoms with E-state index in [1.54, 1.807) is 12.1 Å². The molecule has 106 valence electrons. The highest BCUT2D eigenvalue weighted by Crippen LogP contribution is 2.23. The summed E-state index contributed by atoms with van der Waals surface area (Å²) in [5.41, 5.74) is 2.81. The average molecular weight is 282 g/mol. The number of hydrogen-bond donors (Lipinski definition) is 1. The first-order chi connectivity index (χ1) is 10.2. The Kier molecular flexibility index (Phi) is 3.41. The summed E-state index contributed by atoms with van der Waals surface area (Å²) in [6, 6.07) is 14.4. The van der Waals surface area contributed by atoms with E-state index < -0.39 is 4.92 Å². The quantitative estimate of drug-likeness (QED) is 0.590. The molecule has 0 aliphatic rings. The summed E-state index contributed by atoms with van der Waals surface area (Å²) >= 11 is 0. The van der Waals surface area contributed by atoms with Gasteiger partial charge in [0.25, 0.3) is 5.69 Å². The van der Waals surface area contributed by atoms with Crippen molar-refractivity contribution in [3.8, 4) is 0 Å². The molecule has 0 amide bonds. The van der Waals surface area contributed by atoms with Gasteiger partial charge in [-0.2, -0.15) is 0 Å². The highest BCUT2D eigenvalue weighted by Gasteiger charge is 2.10. The molecule has 3 rings (SSSR count). The van der Waals surface area contributed by atoms with Crippen LogP contribution in [0.25, 0.3) is 10.9 Å². The molecule has 1 aromatic heterocycles. The van der Waals surface area contributed by atoms with Crippen molar-refractivity contribution in [2.45, 2.75) is 13.2 Å². The summed E-state index contributed by atoms with van der Waals surface area (Å²) in [7, 11) is 0. The Morgan fingerprint density at radius 1 is 1.14 bits per heavy atom. The second-order valence-electron chi connectivity index (χ2n) is 4.88. The standard InChI is InChI=1S/C16H14N2O3/c19-11-13-10-17(16-7-2-1-6-15(13)16)9-12-4-3-5-14(8-12)18(20)21/h1-8,10,19H,9,11H2. The molecule has 1 heterocycles. The Morgan fingerprint density at radius 3 is 2.71 bits per heavy atom. The summed E-state index contributed by atoms with van der Waals surface area (Å²) < 4.78 is 2.00. The largest absolute Gasteiger partial charge is 0.392 e. The molecule has 2 aromatic carbocycles. The maximum atomic E-state index is 10.8. The van der Waals surface area contributed by atoms with Crippen molar-refractivity contribution in [1.29, 1.82) is 0 Å². The monoisotopic (exact) mass is 282 g/mol. The predicted octanol–water partition coefficient (Wildman–Crippen LogP) is 3.09. The molecule has 0 radical (unpaired) electrons. The normalized spacial score (nSPS) is 10.9. The van der Waals surface area contributed by atoms with Crippen molar-refractivity contribution in [1.82, 2.24) is 4.57 Å². The number of fused-ring (bicyclic) bond motifs is 1. The minimum atomic E-state index is -0.392. The molecule has 0 aliphatic carbocycles. The number of rotatable bonds is 4. The van der Waals surface area contributed by atoms with Gasteiger partial charge in [-0.05, 0) is 11.6 Å². The fourth-order valence-electron chi connectivity index (χ4n) is 2.54. The molecule has 0 aliphatic heterocycles. The second kappa shape index (κ2) is 5.38. The number of benzene rings is 2. The minimum absolute atomic E-state index is 0.0253. The minimum Gasteiger partial charge on any atom is -0.392 e. The number of aromatic nitrogens is 1. The van der Waals surface area contributed by atoms with Gasteiger partial charge in [0.05, 0.1) is 11.5 Å². The van der Waals surface area contributed by atoms with Gasteiger partial charge < -0.3 is 9.67 Å². The van der Waals surface area contributed by atoms with Gasteiger partial charge in [0.15, 0.2) is 0 Å². The van der Waals surface area contributed by atoms with Crippen LogP contribution < -0.4 is 0 Å². The molecule has 0 spiro atoms. The molecule has 21 heavy (non-hydrogen) atoms. The zero-order valence-electron chi connectivity index (χ0n) is 11.3. The van der Waals surface area contributed by atoms with E-state index >= 15 is 0 Å². The van der Waals surface area contributed by atoms with Gasteiger partial charge in [-0.3, -0.25) is 10.1 Å². The number of aliphatic hydroxyl groups excluding tert-OH is 1. The second-order valence-corrected chi connectivity index (χ2v) is 4.88. The van der Waals surface area contributed by atoms with E-state index in [0.717, 1.165) is 22.0 Å². The topological polar surface area (TPSA) is 68.3 Å². The van der Waals surface area contributed by atoms with E-state index in [1.807, 2.05) is 41.1 Å². The fraction of sp³-hybridized carbons (Fsp3) is 0.125. The average Bonchev–Trinajstić information content (AvgIpc) is 2.86. The lowest BCUT2D eigenvalue weighted by molar-refractivity contribution is -0.384. The van der Waals surface area contributed by atoms with Gasteiger partial charge in [0.2, 0.25) is 0 Å². The van der Waals surface area contributed by atoms with Crippen molar-refractivity contribution < 1.29 is 10.0 Å². The molecule has 5 nitrogen and oxygen atoms in total. The van der Waals surface area contributed by atoms with Crippen molar-refractivity contribution in [2.24, 2.45) is 0 Å². The van der Waals surface area contributed by atoms with Crippen LogP contribution in [-0.4, -0.2) is 14.6 Å². The van der Waals surface area contributed by atoms with Crippen LogP contribution >= 0.6 is 0 Å². The SMILES string of the molecule is O=[N+]([O-])c1cccc(Cn2cc(CO)c3ccccc32)c1. The number of non-ortho nitro benzene ring substituents is 1. The summed E-state index contributed by atoms with van der Waals surface area (Å²) in [6.07, 6.45) is 1.89. The number of nitro groups is 1. The van der Waals surface area contributed by atoms with Crippen LogP contribution in [0.15, 0.2) is 54.7 Å². The molecule has 1 N–H and O–H groups in total. The van der Waals surface area contributed by atoms with Crippen LogP contribution in [0.5, 0.6) is 0 Å². The third-order valence-electron chi connectivity index (χ3n) is 3.52. The van der Waals surface area contributed by atoms with E-state index in [9.17, 15) is 15.2 Å². The molecular formula is C16H14N2O3. The summed E-state index contributed by atoms with van der Waals surface area (Å²) in [4.78, 5) is 10.4. The summed E-state index contributed by atoms with van der Waals surface area (Å²) in [5.74, 6) is 0. The molecule has 0 unspecified atom stereocenters. The zero-order valence-corrected chi connectivity index (χ0v) is 11.3. The van der Waals surface area contributed by atoms with Gasteiger partial charge in [-0.1, -0.05) is 30.3 Å². The first-order valence-electron chi connectivity index (χ1n) is 6.60. The molecule has 3 aromatic rings. The molecule has 0 atom stereocenters. The van der Waals surface area contributed by atoms with Gasteiger partial charge in [0, 0.05) is 41.3 Å². The number of nitrogens with zero attached hydrogens (tertiary/aromatic N) is 2. The van der Waals surface area contributed by atoms with Crippen molar-refractivity contribution in [3.05, 3.63) is 76.0 Å². The molecule has 0 bridgehead atoms. The fourth-order valence-corrected chi connectivity index (χ4v) is 2.54. The number of nitro benzene ring substituents is 1. The Bertz CT molecular complexity index is 808. The highest BCUT2D eigenvalue weighted by molar-refractivity contribution is 5.83. The molecule has 0 saturated carbocycles. The van der Waals surface area contributed by atoms with Crippen molar-refractivity contribution >= 4 is 16.6 Å². The lowest BCUT2D eigenvalue weighted by atomic mass is 10.2. The zero-order chi connectivity index (χ0) is 14.8. The van der Waals surface area contributed by atoms with Gasteiger partial charge in [-0.25, -0.2) is 0 Å². The first-order valence-corrected chi connectivity index (χ1v) is 6.60. The Labute approximate surface area is 121 Å². The number of hydrogen-bond acceptors (Lipinski definition) is 3. The lowest BCUT2D eigenvalue weighted by Gasteiger charge is -2.05. The van der Waals surface area contributed by atoms with Gasteiger partial charge >= 0.3 is 0 Å². The van der Waals surface area contributed by atoms with Crippen LogP contribution in [0.1, 0.15) is 11.1 Å². The maximum absolute atomic E-state index is 10.8. The lowest BCUT2D eigenvalue weighted by Crippen LogP contribution is -1.99. The molecule has 0 fully saturated rings. The first kappa shape index (κ1) is 13.3. The van der Waals surface area contributed by atoms with Gasteiger partial charge in [-0.15, -0.1) is 0 Å². The van der Waals surface area contributed by atoms with E-state index in [1.165, 1.54) is 6.07 Å². The van der Waals surface area contributed by atoms with Crippen LogP contribution in [0.4, 0.5) is 5.69 Å². The third-order valence-corrected chi connectivity index (χ3v) is 3.52. The number of para-hydroxylation sites is 1. The van der Waals surface area contributed by atoms with E-state index in [4.69, 9.17) is 0 Å². The Morgan fingerprint density at radius 2 is 1.95 bits per heavy atom. The van der Waals surface area contributed by atoms with Crippen LogP contribution in [0, 0.1) is 10.1 Å². The molecule has 5 heteroatoms.